The Morgan fingerprint density at radius 3 is 1.09 bits per heavy atom. The van der Waals surface area contributed by atoms with E-state index in [-0.39, 0.29) is 70.3 Å². The number of hydrogen-bond acceptors (Lipinski definition) is 12. The lowest BCUT2D eigenvalue weighted by molar-refractivity contribution is -0.157. The first-order chi connectivity index (χ1) is 22.0. The fraction of sp³-hybridized carbons (Fsp3) is 0.706. The Labute approximate surface area is 269 Å². The molecule has 12 heteroatoms. The van der Waals surface area contributed by atoms with Gasteiger partial charge in [0.2, 0.25) is 0 Å². The van der Waals surface area contributed by atoms with Crippen LogP contribution in [-0.4, -0.2) is 89.9 Å². The number of ether oxygens (including phenoxy) is 8. The molecule has 46 heavy (non-hydrogen) atoms. The maximum atomic E-state index is 13.6. The highest BCUT2D eigenvalue weighted by Gasteiger charge is 2.43. The summed E-state index contributed by atoms with van der Waals surface area (Å²) in [5, 5.41) is 0. The van der Waals surface area contributed by atoms with E-state index in [1.165, 1.54) is 12.1 Å². The third kappa shape index (κ3) is 7.25. The molecule has 4 aliphatic rings. The van der Waals surface area contributed by atoms with Crippen LogP contribution in [0.2, 0.25) is 0 Å². The van der Waals surface area contributed by atoms with E-state index in [4.69, 9.17) is 37.9 Å². The molecule has 0 unspecified atom stereocenters. The molecule has 4 fully saturated rings. The van der Waals surface area contributed by atoms with Crippen LogP contribution in [0.15, 0.2) is 12.1 Å². The number of hydrogen-bond donors (Lipinski definition) is 0. The van der Waals surface area contributed by atoms with Gasteiger partial charge in [-0.2, -0.15) is 0 Å². The van der Waals surface area contributed by atoms with Gasteiger partial charge in [0, 0.05) is 23.0 Å². The molecule has 0 aromatic heterocycles. The van der Waals surface area contributed by atoms with Crippen molar-refractivity contribution in [3.63, 3.8) is 0 Å². The molecule has 0 spiro atoms. The molecule has 5 rings (SSSR count). The van der Waals surface area contributed by atoms with Gasteiger partial charge >= 0.3 is 23.9 Å². The summed E-state index contributed by atoms with van der Waals surface area (Å²) in [5.74, 6) is -3.10. The van der Waals surface area contributed by atoms with Gasteiger partial charge in [0.1, 0.15) is 13.2 Å². The second-order valence-corrected chi connectivity index (χ2v) is 13.7. The molecular weight excluding hydrogens is 600 g/mol. The summed E-state index contributed by atoms with van der Waals surface area (Å²) in [5.41, 5.74) is -1.64. The van der Waals surface area contributed by atoms with Gasteiger partial charge in [0.25, 0.3) is 0 Å². The van der Waals surface area contributed by atoms with Crippen molar-refractivity contribution in [2.75, 3.05) is 66.1 Å². The van der Waals surface area contributed by atoms with Crippen molar-refractivity contribution in [1.82, 2.24) is 0 Å². The molecule has 0 atom stereocenters. The Hall–Kier alpha value is -3.06. The second kappa shape index (κ2) is 14.0. The minimum atomic E-state index is -0.798. The molecule has 4 aliphatic heterocycles. The molecule has 4 heterocycles. The van der Waals surface area contributed by atoms with Gasteiger partial charge in [-0.1, -0.05) is 27.7 Å². The summed E-state index contributed by atoms with van der Waals surface area (Å²) in [6, 6.07) is 2.46. The van der Waals surface area contributed by atoms with Gasteiger partial charge in [0.15, 0.2) is 11.5 Å². The highest BCUT2D eigenvalue weighted by atomic mass is 16.6. The Balaban J connectivity index is 1.45. The molecule has 0 amide bonds. The highest BCUT2D eigenvalue weighted by Crippen LogP contribution is 2.40. The maximum absolute atomic E-state index is 13.6. The predicted molar refractivity (Wildman–Crippen MR) is 162 cm³/mol. The van der Waals surface area contributed by atoms with Crippen LogP contribution in [0.3, 0.4) is 0 Å². The van der Waals surface area contributed by atoms with Gasteiger partial charge in [-0.3, -0.25) is 9.59 Å². The first kappa shape index (κ1) is 34.3. The predicted octanol–water partition coefficient (Wildman–Crippen LogP) is 4.30. The van der Waals surface area contributed by atoms with Crippen molar-refractivity contribution in [1.29, 1.82) is 0 Å². The molecule has 254 valence electrons. The van der Waals surface area contributed by atoms with E-state index < -0.39 is 23.9 Å². The van der Waals surface area contributed by atoms with Gasteiger partial charge in [-0.25, -0.2) is 9.59 Å². The van der Waals surface area contributed by atoms with E-state index >= 15 is 0 Å². The Morgan fingerprint density at radius 2 is 0.848 bits per heavy atom. The maximum Gasteiger partial charge on any atom is 0.339 e. The van der Waals surface area contributed by atoms with E-state index in [0.29, 0.717) is 65.7 Å². The summed E-state index contributed by atoms with van der Waals surface area (Å²) in [6.07, 6.45) is 3.03. The Morgan fingerprint density at radius 1 is 0.543 bits per heavy atom. The van der Waals surface area contributed by atoms with Crippen molar-refractivity contribution >= 4 is 23.9 Å². The Bertz CT molecular complexity index is 1180. The standard InChI is InChI=1S/C34H46O12/c1-5-31(13-39-14-31)11-27(35)45-25-9-23(29(37)43-21-33(7-3)17-41-18-33)24(30(38)44-22-34(8-4)19-42-20-34)10-26(25)46-28(36)12-32(6-2)15-40-16-32/h9-10H,5-8,11-22H2,1-4H3. The Kier molecular flexibility index (Phi) is 10.4. The molecule has 1 aromatic rings. The van der Waals surface area contributed by atoms with Crippen LogP contribution in [0.4, 0.5) is 0 Å². The molecule has 0 saturated carbocycles. The molecule has 0 radical (unpaired) electrons. The first-order valence-corrected chi connectivity index (χ1v) is 16.3. The zero-order valence-corrected chi connectivity index (χ0v) is 27.4. The van der Waals surface area contributed by atoms with Crippen LogP contribution in [-0.2, 0) is 38.0 Å². The number of esters is 4. The van der Waals surface area contributed by atoms with Crippen molar-refractivity contribution < 1.29 is 57.1 Å². The van der Waals surface area contributed by atoms with Gasteiger partial charge in [-0.15, -0.1) is 0 Å². The lowest BCUT2D eigenvalue weighted by Crippen LogP contribution is -2.46. The van der Waals surface area contributed by atoms with E-state index in [9.17, 15) is 19.2 Å². The number of carbonyl (C=O) groups excluding carboxylic acids is 4. The summed E-state index contributed by atoms with van der Waals surface area (Å²) >= 11 is 0. The lowest BCUT2D eigenvalue weighted by Gasteiger charge is -2.40. The third-order valence-electron chi connectivity index (χ3n) is 10.3. The number of carbonyl (C=O) groups is 4. The van der Waals surface area contributed by atoms with E-state index in [1.54, 1.807) is 0 Å². The summed E-state index contributed by atoms with van der Waals surface area (Å²) in [4.78, 5) is 53.6. The number of benzene rings is 1. The smallest absolute Gasteiger partial charge is 0.339 e. The zero-order chi connectivity index (χ0) is 33.0. The van der Waals surface area contributed by atoms with Crippen molar-refractivity contribution in [3.05, 3.63) is 23.3 Å². The fourth-order valence-corrected chi connectivity index (χ4v) is 5.78. The van der Waals surface area contributed by atoms with E-state index in [2.05, 4.69) is 0 Å². The molecule has 12 nitrogen and oxygen atoms in total. The summed E-state index contributed by atoms with van der Waals surface area (Å²) < 4.78 is 44.3. The number of rotatable bonds is 16. The van der Waals surface area contributed by atoms with Crippen LogP contribution in [0.5, 0.6) is 11.5 Å². The summed E-state index contributed by atoms with van der Waals surface area (Å²) in [6.45, 7) is 11.6. The normalized spacial score (nSPS) is 21.3. The average molecular weight is 647 g/mol. The SMILES string of the molecule is CCC1(COC(=O)c2cc(OC(=O)CC3(CC)COC3)c(OC(=O)CC3(CC)COC3)cc2C(=O)OCC2(CC)COC2)COC1. The van der Waals surface area contributed by atoms with Crippen LogP contribution in [0, 0.1) is 21.7 Å². The van der Waals surface area contributed by atoms with Gasteiger partial charge in [0.05, 0.1) is 87.7 Å². The fourth-order valence-electron chi connectivity index (χ4n) is 5.78. The van der Waals surface area contributed by atoms with E-state index in [0.717, 1.165) is 12.8 Å². The van der Waals surface area contributed by atoms with E-state index in [1.807, 2.05) is 27.7 Å². The van der Waals surface area contributed by atoms with Crippen molar-refractivity contribution in [2.45, 2.75) is 66.2 Å². The van der Waals surface area contributed by atoms with Crippen molar-refractivity contribution in [3.8, 4) is 11.5 Å². The monoisotopic (exact) mass is 646 g/mol. The van der Waals surface area contributed by atoms with Crippen LogP contribution >= 0.6 is 0 Å². The lowest BCUT2D eigenvalue weighted by atomic mass is 9.80. The van der Waals surface area contributed by atoms with Crippen LogP contribution in [0.25, 0.3) is 0 Å². The largest absolute Gasteiger partial charge is 0.461 e. The van der Waals surface area contributed by atoms with Crippen LogP contribution in [0.1, 0.15) is 86.9 Å². The zero-order valence-electron chi connectivity index (χ0n) is 27.4. The summed E-state index contributed by atoms with van der Waals surface area (Å²) in [7, 11) is 0. The van der Waals surface area contributed by atoms with Crippen molar-refractivity contribution in [2.24, 2.45) is 21.7 Å². The third-order valence-corrected chi connectivity index (χ3v) is 10.3. The quantitative estimate of drug-likeness (QED) is 0.187. The minimum Gasteiger partial charge on any atom is -0.461 e. The second-order valence-electron chi connectivity index (χ2n) is 13.7. The van der Waals surface area contributed by atoms with Crippen LogP contribution < -0.4 is 9.47 Å². The van der Waals surface area contributed by atoms with Gasteiger partial charge in [-0.05, 0) is 25.7 Å². The highest BCUT2D eigenvalue weighted by molar-refractivity contribution is 6.04. The topological polar surface area (TPSA) is 142 Å². The molecule has 1 aromatic carbocycles. The molecule has 0 N–H and O–H groups in total. The van der Waals surface area contributed by atoms with Gasteiger partial charge < -0.3 is 37.9 Å². The first-order valence-electron chi connectivity index (χ1n) is 16.3. The minimum absolute atomic E-state index is 0.0664. The molecule has 0 bridgehead atoms. The average Bonchev–Trinajstić information content (AvgIpc) is 2.96. The molecule has 0 aliphatic carbocycles. The molecule has 4 saturated heterocycles. The molecular formula is C34H46O12.